The van der Waals surface area contributed by atoms with Crippen molar-refractivity contribution in [2.24, 2.45) is 10.7 Å². The van der Waals surface area contributed by atoms with Gasteiger partial charge >= 0.3 is 0 Å². The van der Waals surface area contributed by atoms with Gasteiger partial charge in [0.05, 0.1) is 19.8 Å². The van der Waals surface area contributed by atoms with Crippen molar-refractivity contribution in [3.8, 4) is 11.5 Å². The van der Waals surface area contributed by atoms with Crippen molar-refractivity contribution >= 4 is 5.84 Å². The fraction of sp³-hybridized carbons (Fsp3) is 0.364. The van der Waals surface area contributed by atoms with Crippen LogP contribution in [0, 0.1) is 0 Å². The maximum atomic E-state index is 5.82. The molecule has 4 nitrogen and oxygen atoms in total. The van der Waals surface area contributed by atoms with Crippen LogP contribution < -0.4 is 15.2 Å². The van der Waals surface area contributed by atoms with Crippen molar-refractivity contribution in [3.63, 3.8) is 0 Å². The average Bonchev–Trinajstić information content (AvgIpc) is 2.28. The van der Waals surface area contributed by atoms with Gasteiger partial charge in [0.25, 0.3) is 0 Å². The Labute approximate surface area is 89.7 Å². The molecule has 0 amide bonds. The highest BCUT2D eigenvalue weighted by Gasteiger charge is 2.11. The summed E-state index contributed by atoms with van der Waals surface area (Å²) in [4.78, 5) is 4.14. The van der Waals surface area contributed by atoms with Gasteiger partial charge in [-0.3, -0.25) is 4.99 Å². The fourth-order valence-corrected chi connectivity index (χ4v) is 1.34. The predicted octanol–water partition coefficient (Wildman–Crippen LogP) is 1.43. The molecule has 0 saturated heterocycles. The molecule has 0 bridgehead atoms. The number of methoxy groups -OCH3 is 2. The van der Waals surface area contributed by atoms with Crippen LogP contribution >= 0.6 is 0 Å². The molecule has 0 aromatic heterocycles. The van der Waals surface area contributed by atoms with Crippen LogP contribution in [0.4, 0.5) is 0 Å². The van der Waals surface area contributed by atoms with Crippen LogP contribution in [0.15, 0.2) is 23.2 Å². The third kappa shape index (κ3) is 2.40. The third-order valence-electron chi connectivity index (χ3n) is 2.01. The molecule has 0 aliphatic carbocycles. The molecule has 2 N–H and O–H groups in total. The lowest BCUT2D eigenvalue weighted by molar-refractivity contribution is 0.354. The second-order valence-electron chi connectivity index (χ2n) is 2.90. The zero-order valence-electron chi connectivity index (χ0n) is 9.28. The average molecular weight is 208 g/mol. The van der Waals surface area contributed by atoms with Gasteiger partial charge in [0.1, 0.15) is 5.84 Å². The topological polar surface area (TPSA) is 56.8 Å². The normalized spacial score (nSPS) is 11.3. The highest BCUT2D eigenvalue weighted by atomic mass is 16.5. The minimum Gasteiger partial charge on any atom is -0.493 e. The van der Waals surface area contributed by atoms with E-state index in [4.69, 9.17) is 15.2 Å². The summed E-state index contributed by atoms with van der Waals surface area (Å²) in [5.74, 6) is 1.74. The second-order valence-corrected chi connectivity index (χ2v) is 2.90. The maximum absolute atomic E-state index is 5.82. The maximum Gasteiger partial charge on any atom is 0.171 e. The minimum atomic E-state index is 0.466. The van der Waals surface area contributed by atoms with Gasteiger partial charge in [0, 0.05) is 6.54 Å². The summed E-state index contributed by atoms with van der Waals surface area (Å²) in [6.45, 7) is 2.58. The molecule has 0 unspecified atom stereocenters. The summed E-state index contributed by atoms with van der Waals surface area (Å²) in [7, 11) is 3.18. The van der Waals surface area contributed by atoms with Crippen molar-refractivity contribution in [2.45, 2.75) is 6.92 Å². The zero-order chi connectivity index (χ0) is 11.3. The zero-order valence-corrected chi connectivity index (χ0v) is 9.28. The number of nitrogens with two attached hydrogens (primary N) is 1. The first-order valence-electron chi connectivity index (χ1n) is 4.75. The minimum absolute atomic E-state index is 0.466. The van der Waals surface area contributed by atoms with E-state index in [1.807, 2.05) is 25.1 Å². The monoisotopic (exact) mass is 208 g/mol. The standard InChI is InChI=1S/C11H16N2O2/c1-4-13-11(12)8-6-5-7-9(14-2)10(8)15-3/h5-7H,4H2,1-3H3,(H2,12,13). The van der Waals surface area contributed by atoms with E-state index in [1.54, 1.807) is 14.2 Å². The number of ether oxygens (including phenoxy) is 2. The van der Waals surface area contributed by atoms with Gasteiger partial charge in [-0.1, -0.05) is 6.07 Å². The van der Waals surface area contributed by atoms with E-state index in [0.29, 0.717) is 23.9 Å². The van der Waals surface area contributed by atoms with Crippen molar-refractivity contribution in [3.05, 3.63) is 23.8 Å². The van der Waals surface area contributed by atoms with Gasteiger partial charge in [-0.15, -0.1) is 0 Å². The fourth-order valence-electron chi connectivity index (χ4n) is 1.34. The van der Waals surface area contributed by atoms with E-state index in [9.17, 15) is 0 Å². The highest BCUT2D eigenvalue weighted by Crippen LogP contribution is 2.30. The quantitative estimate of drug-likeness (QED) is 0.601. The molecule has 0 aliphatic heterocycles. The van der Waals surface area contributed by atoms with Crippen LogP contribution in [0.5, 0.6) is 11.5 Å². The molecule has 0 radical (unpaired) electrons. The smallest absolute Gasteiger partial charge is 0.171 e. The number of nitrogens with zero attached hydrogens (tertiary/aromatic N) is 1. The largest absolute Gasteiger partial charge is 0.493 e. The first kappa shape index (κ1) is 11.4. The van der Waals surface area contributed by atoms with Crippen molar-refractivity contribution < 1.29 is 9.47 Å². The number of hydrogen-bond donors (Lipinski definition) is 1. The van der Waals surface area contributed by atoms with Crippen LogP contribution in [0.3, 0.4) is 0 Å². The van der Waals surface area contributed by atoms with E-state index >= 15 is 0 Å². The number of hydrogen-bond acceptors (Lipinski definition) is 3. The Hall–Kier alpha value is -1.71. The molecule has 82 valence electrons. The van der Waals surface area contributed by atoms with Crippen LogP contribution in [0.1, 0.15) is 12.5 Å². The third-order valence-corrected chi connectivity index (χ3v) is 2.01. The van der Waals surface area contributed by atoms with E-state index in [0.717, 1.165) is 5.56 Å². The molecule has 0 heterocycles. The lowest BCUT2D eigenvalue weighted by Gasteiger charge is -2.11. The summed E-state index contributed by atoms with van der Waals surface area (Å²) < 4.78 is 10.4. The van der Waals surface area contributed by atoms with Crippen LogP contribution in [-0.4, -0.2) is 26.6 Å². The SMILES string of the molecule is CCN=C(N)c1cccc(OC)c1OC. The first-order chi connectivity index (χ1) is 7.24. The Bertz CT molecular complexity index is 362. The Balaban J connectivity index is 3.22. The Kier molecular flexibility index (Phi) is 3.97. The molecule has 0 fully saturated rings. The molecule has 0 aliphatic rings. The van der Waals surface area contributed by atoms with Crippen LogP contribution in [0.2, 0.25) is 0 Å². The Morgan fingerprint density at radius 2 is 2.07 bits per heavy atom. The lowest BCUT2D eigenvalue weighted by Crippen LogP contribution is -2.15. The van der Waals surface area contributed by atoms with E-state index in [1.165, 1.54) is 0 Å². The van der Waals surface area contributed by atoms with Gasteiger partial charge < -0.3 is 15.2 Å². The first-order valence-corrected chi connectivity index (χ1v) is 4.75. The molecule has 1 rings (SSSR count). The highest BCUT2D eigenvalue weighted by molar-refractivity contribution is 6.00. The van der Waals surface area contributed by atoms with Gasteiger partial charge in [0.2, 0.25) is 0 Å². The van der Waals surface area contributed by atoms with Crippen molar-refractivity contribution in [1.29, 1.82) is 0 Å². The molecule has 0 spiro atoms. The summed E-state index contributed by atoms with van der Waals surface area (Å²) in [6.07, 6.45) is 0. The number of amidine groups is 1. The van der Waals surface area contributed by atoms with Crippen LogP contribution in [0.25, 0.3) is 0 Å². The molecule has 15 heavy (non-hydrogen) atoms. The summed E-state index contributed by atoms with van der Waals surface area (Å²) in [5.41, 5.74) is 6.58. The summed E-state index contributed by atoms with van der Waals surface area (Å²) >= 11 is 0. The Morgan fingerprint density at radius 3 is 2.60 bits per heavy atom. The van der Waals surface area contributed by atoms with Crippen molar-refractivity contribution in [2.75, 3.05) is 20.8 Å². The summed E-state index contributed by atoms with van der Waals surface area (Å²) in [6, 6.07) is 5.53. The molecule has 0 atom stereocenters. The molecule has 0 saturated carbocycles. The molecule has 1 aromatic rings. The number of para-hydroxylation sites is 1. The molecular weight excluding hydrogens is 192 g/mol. The Morgan fingerprint density at radius 1 is 1.33 bits per heavy atom. The molecular formula is C11H16N2O2. The van der Waals surface area contributed by atoms with Crippen molar-refractivity contribution in [1.82, 2.24) is 0 Å². The molecule has 1 aromatic carbocycles. The van der Waals surface area contributed by atoms with E-state index < -0.39 is 0 Å². The van der Waals surface area contributed by atoms with Gasteiger partial charge in [-0.05, 0) is 19.1 Å². The number of aliphatic imine (C=N–C) groups is 1. The summed E-state index contributed by atoms with van der Waals surface area (Å²) in [5, 5.41) is 0. The number of rotatable bonds is 4. The lowest BCUT2D eigenvalue weighted by atomic mass is 10.1. The predicted molar refractivity (Wildman–Crippen MR) is 60.8 cm³/mol. The van der Waals surface area contributed by atoms with E-state index in [2.05, 4.69) is 4.99 Å². The molecule has 4 heteroatoms. The van der Waals surface area contributed by atoms with Crippen LogP contribution in [-0.2, 0) is 0 Å². The van der Waals surface area contributed by atoms with Gasteiger partial charge in [-0.25, -0.2) is 0 Å². The van der Waals surface area contributed by atoms with E-state index in [-0.39, 0.29) is 0 Å². The second kappa shape index (κ2) is 5.24. The number of benzene rings is 1. The van der Waals surface area contributed by atoms with Gasteiger partial charge in [-0.2, -0.15) is 0 Å². The van der Waals surface area contributed by atoms with Gasteiger partial charge in [0.15, 0.2) is 11.5 Å².